The maximum absolute atomic E-state index is 13.2. The van der Waals surface area contributed by atoms with Gasteiger partial charge in [0.1, 0.15) is 5.75 Å². The zero-order valence-electron chi connectivity index (χ0n) is 21.1. The number of rotatable bonds is 4. The van der Waals surface area contributed by atoms with Gasteiger partial charge in [-0.1, -0.05) is 42.2 Å². The maximum atomic E-state index is 13.2. The lowest BCUT2D eigenvalue weighted by atomic mass is 9.74. The zero-order chi connectivity index (χ0) is 25.6. The highest BCUT2D eigenvalue weighted by molar-refractivity contribution is 5.89. The summed E-state index contributed by atoms with van der Waals surface area (Å²) in [5.41, 5.74) is 3.88. The Morgan fingerprint density at radius 2 is 1.62 bits per heavy atom. The number of anilines is 1. The number of amides is 2. The van der Waals surface area contributed by atoms with E-state index >= 15 is 0 Å². The monoisotopic (exact) mass is 495 g/mol. The third-order valence-electron chi connectivity index (χ3n) is 7.42. The predicted octanol–water partition coefficient (Wildman–Crippen LogP) is 4.55. The topological polar surface area (TPSA) is 65.0 Å². The molecule has 2 heterocycles. The van der Waals surface area contributed by atoms with Crippen LogP contribution in [0.4, 0.5) is 10.5 Å². The smallest absolute Gasteiger partial charge is 0.321 e. The van der Waals surface area contributed by atoms with Crippen LogP contribution in [0.1, 0.15) is 35.4 Å². The number of fused-ring (bicyclic) bond motifs is 1. The van der Waals surface area contributed by atoms with E-state index in [1.807, 2.05) is 59.5 Å². The van der Waals surface area contributed by atoms with E-state index in [2.05, 4.69) is 46.3 Å². The van der Waals surface area contributed by atoms with E-state index in [-0.39, 0.29) is 30.6 Å². The molecule has 2 N–H and O–H groups in total. The Morgan fingerprint density at radius 3 is 2.30 bits per heavy atom. The second-order valence-corrected chi connectivity index (χ2v) is 9.63. The molecule has 37 heavy (non-hydrogen) atoms. The summed E-state index contributed by atoms with van der Waals surface area (Å²) in [5, 5.41) is 13.3. The summed E-state index contributed by atoms with van der Waals surface area (Å²) in [6, 6.07) is 25.8. The lowest BCUT2D eigenvalue weighted by molar-refractivity contribution is -0.0585. The zero-order valence-corrected chi connectivity index (χ0v) is 21.1. The molecule has 2 aliphatic rings. The molecule has 0 unspecified atom stereocenters. The molecule has 2 saturated heterocycles. The average Bonchev–Trinajstić information content (AvgIpc) is 2.92. The average molecular weight is 496 g/mol. The highest BCUT2D eigenvalue weighted by Crippen LogP contribution is 2.42. The molecule has 2 amide bonds. The van der Waals surface area contributed by atoms with E-state index in [9.17, 15) is 9.90 Å². The van der Waals surface area contributed by atoms with Crippen LogP contribution >= 0.6 is 0 Å². The Balaban J connectivity index is 1.30. The first kappa shape index (κ1) is 24.9. The van der Waals surface area contributed by atoms with Crippen LogP contribution in [0.15, 0.2) is 78.9 Å². The number of hydrogen-bond donors (Lipinski definition) is 2. The fraction of sp³-hybridized carbons (Fsp3) is 0.323. The Kier molecular flexibility index (Phi) is 7.74. The summed E-state index contributed by atoms with van der Waals surface area (Å²) >= 11 is 0. The molecule has 0 radical (unpaired) electrons. The number of hydrogen-bond acceptors (Lipinski definition) is 4. The fourth-order valence-electron chi connectivity index (χ4n) is 5.46. The van der Waals surface area contributed by atoms with Crippen molar-refractivity contribution in [2.75, 3.05) is 38.7 Å². The first-order valence-corrected chi connectivity index (χ1v) is 12.9. The van der Waals surface area contributed by atoms with E-state index in [1.54, 1.807) is 7.11 Å². The van der Waals surface area contributed by atoms with Gasteiger partial charge in [0.05, 0.1) is 13.7 Å². The SMILES string of the molecule is COc1ccc(NC(=O)N2CCCCN3[C@@H](CO)[C@H](c4ccc(C#Cc5ccccc5)cc4)[C@@H]3C2)cc1. The minimum atomic E-state index is -0.0928. The van der Waals surface area contributed by atoms with Crippen LogP contribution in [0.2, 0.25) is 0 Å². The van der Waals surface area contributed by atoms with E-state index in [1.165, 1.54) is 5.56 Å². The van der Waals surface area contributed by atoms with Crippen LogP contribution in [0.3, 0.4) is 0 Å². The molecule has 0 bridgehead atoms. The lowest BCUT2D eigenvalue weighted by Crippen LogP contribution is -2.68. The summed E-state index contributed by atoms with van der Waals surface area (Å²) in [5.74, 6) is 7.36. The maximum Gasteiger partial charge on any atom is 0.321 e. The molecule has 6 heteroatoms. The number of carbonyl (C=O) groups is 1. The minimum absolute atomic E-state index is 0.0656. The van der Waals surface area contributed by atoms with Gasteiger partial charge in [-0.25, -0.2) is 4.79 Å². The quantitative estimate of drug-likeness (QED) is 0.521. The van der Waals surface area contributed by atoms with Crippen LogP contribution < -0.4 is 10.1 Å². The van der Waals surface area contributed by atoms with E-state index in [0.717, 1.165) is 48.5 Å². The van der Waals surface area contributed by atoms with Crippen LogP contribution in [0, 0.1) is 11.8 Å². The van der Waals surface area contributed by atoms with Crippen LogP contribution in [0.25, 0.3) is 0 Å². The Hall–Kier alpha value is -3.79. The molecule has 0 aliphatic carbocycles. The molecule has 3 aromatic carbocycles. The van der Waals surface area contributed by atoms with Gasteiger partial charge in [-0.3, -0.25) is 4.90 Å². The third kappa shape index (κ3) is 5.64. The minimum Gasteiger partial charge on any atom is -0.497 e. The molecular formula is C31H33N3O3. The number of carbonyl (C=O) groups excluding carboxylic acids is 1. The van der Waals surface area contributed by atoms with Crippen molar-refractivity contribution in [1.82, 2.24) is 9.80 Å². The van der Waals surface area contributed by atoms with Gasteiger partial charge in [0, 0.05) is 47.9 Å². The number of urea groups is 1. The number of benzene rings is 3. The van der Waals surface area contributed by atoms with Crippen LogP contribution in [-0.4, -0.2) is 66.4 Å². The van der Waals surface area contributed by atoms with Crippen molar-refractivity contribution < 1.29 is 14.6 Å². The summed E-state index contributed by atoms with van der Waals surface area (Å²) in [6.07, 6.45) is 1.94. The van der Waals surface area contributed by atoms with Gasteiger partial charge in [-0.15, -0.1) is 0 Å². The first-order chi connectivity index (χ1) is 18.2. The van der Waals surface area contributed by atoms with Crippen molar-refractivity contribution in [1.29, 1.82) is 0 Å². The standard InChI is InChI=1S/C31H33N3O3/c1-37-27-17-15-26(16-18-27)32-31(36)33-19-5-6-20-34-28(21-33)30(29(34)22-35)25-13-11-24(12-14-25)10-9-23-7-3-2-4-8-23/h2-4,7-8,11-18,28-30,35H,5-6,19-22H2,1H3,(H,32,36)/t28-,29-,30+/m0/s1. The second-order valence-electron chi connectivity index (χ2n) is 9.63. The molecule has 0 saturated carbocycles. The second kappa shape index (κ2) is 11.5. The van der Waals surface area contributed by atoms with E-state index < -0.39 is 0 Å². The number of nitrogens with one attached hydrogen (secondary N) is 1. The molecule has 190 valence electrons. The molecule has 2 fully saturated rings. The largest absolute Gasteiger partial charge is 0.497 e. The van der Waals surface area contributed by atoms with Crippen molar-refractivity contribution in [3.05, 3.63) is 95.6 Å². The number of methoxy groups -OCH3 is 1. The molecule has 2 aliphatic heterocycles. The molecule has 0 spiro atoms. The van der Waals surface area contributed by atoms with Crippen molar-refractivity contribution in [2.24, 2.45) is 0 Å². The van der Waals surface area contributed by atoms with Crippen LogP contribution in [0.5, 0.6) is 5.75 Å². The van der Waals surface area contributed by atoms with E-state index in [0.29, 0.717) is 6.54 Å². The molecule has 3 aromatic rings. The summed E-state index contributed by atoms with van der Waals surface area (Å²) in [7, 11) is 1.62. The Bertz CT molecular complexity index is 1250. The molecule has 0 aromatic heterocycles. The van der Waals surface area contributed by atoms with Crippen LogP contribution in [-0.2, 0) is 0 Å². The number of ether oxygens (including phenoxy) is 1. The van der Waals surface area contributed by atoms with Gasteiger partial charge in [-0.05, 0) is 73.5 Å². The Morgan fingerprint density at radius 1 is 0.946 bits per heavy atom. The molecule has 3 atom stereocenters. The first-order valence-electron chi connectivity index (χ1n) is 12.9. The van der Waals surface area contributed by atoms with E-state index in [4.69, 9.17) is 4.74 Å². The normalized spacial score (nSPS) is 21.4. The summed E-state index contributed by atoms with van der Waals surface area (Å²) in [4.78, 5) is 17.5. The van der Waals surface area contributed by atoms with Gasteiger partial charge in [0.15, 0.2) is 0 Å². The lowest BCUT2D eigenvalue weighted by Gasteiger charge is -2.57. The molecular weight excluding hydrogens is 462 g/mol. The van der Waals surface area contributed by atoms with Crippen molar-refractivity contribution in [2.45, 2.75) is 30.8 Å². The highest BCUT2D eigenvalue weighted by Gasteiger charge is 2.49. The Labute approximate surface area is 218 Å². The fourth-order valence-corrected chi connectivity index (χ4v) is 5.46. The highest BCUT2D eigenvalue weighted by atomic mass is 16.5. The number of nitrogens with zero attached hydrogens (tertiary/aromatic N) is 2. The van der Waals surface area contributed by atoms with Crippen molar-refractivity contribution in [3.8, 4) is 17.6 Å². The summed E-state index contributed by atoms with van der Waals surface area (Å²) in [6.45, 7) is 2.39. The van der Waals surface area contributed by atoms with Gasteiger partial charge in [-0.2, -0.15) is 0 Å². The number of aliphatic hydroxyl groups is 1. The molecule has 6 nitrogen and oxygen atoms in total. The van der Waals surface area contributed by atoms with Gasteiger partial charge < -0.3 is 20.1 Å². The third-order valence-corrected chi connectivity index (χ3v) is 7.42. The van der Waals surface area contributed by atoms with Gasteiger partial charge in [0.2, 0.25) is 0 Å². The summed E-state index contributed by atoms with van der Waals surface area (Å²) < 4.78 is 5.21. The predicted molar refractivity (Wildman–Crippen MR) is 146 cm³/mol. The van der Waals surface area contributed by atoms with Gasteiger partial charge >= 0.3 is 6.03 Å². The van der Waals surface area contributed by atoms with Crippen molar-refractivity contribution >= 4 is 11.7 Å². The van der Waals surface area contributed by atoms with Crippen molar-refractivity contribution in [3.63, 3.8) is 0 Å². The van der Waals surface area contributed by atoms with Gasteiger partial charge in [0.25, 0.3) is 0 Å². The number of aliphatic hydroxyl groups excluding tert-OH is 1. The molecule has 5 rings (SSSR count).